The van der Waals surface area contributed by atoms with Crippen molar-refractivity contribution < 1.29 is 9.53 Å². The first-order valence-corrected chi connectivity index (χ1v) is 9.20. The highest BCUT2D eigenvalue weighted by molar-refractivity contribution is 5.93. The number of benzene rings is 1. The summed E-state index contributed by atoms with van der Waals surface area (Å²) in [4.78, 5) is 23.0. The molecule has 6 heteroatoms. The number of piperidine rings is 1. The van der Waals surface area contributed by atoms with Crippen molar-refractivity contribution in [2.24, 2.45) is 5.92 Å². The Bertz CT molecular complexity index is 716. The lowest BCUT2D eigenvalue weighted by atomic mass is 9.98. The molecule has 0 aliphatic carbocycles. The van der Waals surface area contributed by atoms with Crippen LogP contribution < -0.4 is 10.1 Å². The third kappa shape index (κ3) is 4.71. The number of rotatable bonds is 6. The van der Waals surface area contributed by atoms with Gasteiger partial charge in [-0.25, -0.2) is 9.97 Å². The van der Waals surface area contributed by atoms with E-state index in [0.29, 0.717) is 30.6 Å². The van der Waals surface area contributed by atoms with E-state index in [0.717, 1.165) is 31.7 Å². The number of carbonyl (C=O) groups is 1. The molecule has 1 atom stereocenters. The second-order valence-electron chi connectivity index (χ2n) is 6.71. The number of aromatic nitrogens is 2. The molecule has 138 valence electrons. The lowest BCUT2D eigenvalue weighted by Crippen LogP contribution is -2.41. The maximum Gasteiger partial charge on any atom is 0.257 e. The summed E-state index contributed by atoms with van der Waals surface area (Å²) in [5.74, 6) is 1.77. The minimum Gasteiger partial charge on any atom is -0.493 e. The average molecular weight is 354 g/mol. The smallest absolute Gasteiger partial charge is 0.257 e. The fraction of sp³-hybridized carbons (Fsp3) is 0.450. The van der Waals surface area contributed by atoms with Crippen LogP contribution in [-0.4, -0.2) is 47.0 Å². The van der Waals surface area contributed by atoms with E-state index in [4.69, 9.17) is 4.74 Å². The first-order valence-electron chi connectivity index (χ1n) is 9.20. The molecule has 1 amide bonds. The van der Waals surface area contributed by atoms with Gasteiger partial charge in [0.15, 0.2) is 0 Å². The largest absolute Gasteiger partial charge is 0.493 e. The first-order chi connectivity index (χ1) is 12.7. The van der Waals surface area contributed by atoms with Crippen LogP contribution >= 0.6 is 0 Å². The summed E-state index contributed by atoms with van der Waals surface area (Å²) in [5.41, 5.74) is 1.75. The predicted molar refractivity (Wildman–Crippen MR) is 101 cm³/mol. The molecule has 0 spiro atoms. The summed E-state index contributed by atoms with van der Waals surface area (Å²) < 4.78 is 5.91. The Morgan fingerprint density at radius 2 is 2.00 bits per heavy atom. The van der Waals surface area contributed by atoms with Crippen LogP contribution in [0.25, 0.3) is 0 Å². The highest BCUT2D eigenvalue weighted by Gasteiger charge is 2.25. The predicted octanol–water partition coefficient (Wildman–Crippen LogP) is 3.15. The number of nitrogens with zero attached hydrogens (tertiary/aromatic N) is 3. The molecule has 0 radical (unpaired) electrons. The summed E-state index contributed by atoms with van der Waals surface area (Å²) >= 11 is 0. The van der Waals surface area contributed by atoms with E-state index in [9.17, 15) is 4.79 Å². The number of carbonyl (C=O) groups excluding carboxylic acids is 1. The molecule has 6 nitrogen and oxygen atoms in total. The Hall–Kier alpha value is -2.63. The minimum atomic E-state index is -0.00640. The molecule has 2 heterocycles. The summed E-state index contributed by atoms with van der Waals surface area (Å²) in [7, 11) is 0. The number of hydrogen-bond donors (Lipinski definition) is 1. The monoisotopic (exact) mass is 354 g/mol. The van der Waals surface area contributed by atoms with Crippen molar-refractivity contribution in [3.05, 3.63) is 47.8 Å². The van der Waals surface area contributed by atoms with Gasteiger partial charge in [0.2, 0.25) is 5.95 Å². The molecule has 1 fully saturated rings. The Kier molecular flexibility index (Phi) is 6.04. The number of amides is 1. The van der Waals surface area contributed by atoms with E-state index in [1.807, 2.05) is 36.1 Å². The second-order valence-corrected chi connectivity index (χ2v) is 6.71. The molecule has 0 bridgehead atoms. The topological polar surface area (TPSA) is 67.4 Å². The van der Waals surface area contributed by atoms with Gasteiger partial charge in [-0.15, -0.1) is 0 Å². The maximum absolute atomic E-state index is 12.7. The molecule has 1 aromatic heterocycles. The molecule has 26 heavy (non-hydrogen) atoms. The van der Waals surface area contributed by atoms with Crippen LogP contribution in [0.3, 0.4) is 0 Å². The third-order valence-corrected chi connectivity index (χ3v) is 4.55. The number of aryl methyl sites for hydroxylation is 1. The molecule has 1 unspecified atom stereocenters. The molecule has 3 rings (SSSR count). The highest BCUT2D eigenvalue weighted by atomic mass is 16.5. The van der Waals surface area contributed by atoms with Crippen molar-refractivity contribution in [2.45, 2.75) is 26.7 Å². The zero-order valence-electron chi connectivity index (χ0n) is 15.4. The van der Waals surface area contributed by atoms with Gasteiger partial charge >= 0.3 is 0 Å². The Morgan fingerprint density at radius 3 is 2.69 bits per heavy atom. The second kappa shape index (κ2) is 8.65. The zero-order chi connectivity index (χ0) is 18.4. The number of likely N-dealkylation sites (tertiary alicyclic amines) is 1. The Morgan fingerprint density at radius 1 is 1.27 bits per heavy atom. The van der Waals surface area contributed by atoms with Gasteiger partial charge in [0.05, 0.1) is 12.2 Å². The van der Waals surface area contributed by atoms with Crippen LogP contribution in [0.15, 0.2) is 36.7 Å². The van der Waals surface area contributed by atoms with Gasteiger partial charge in [0, 0.05) is 37.9 Å². The van der Waals surface area contributed by atoms with Crippen LogP contribution in [-0.2, 0) is 0 Å². The van der Waals surface area contributed by atoms with E-state index < -0.39 is 0 Å². The van der Waals surface area contributed by atoms with Crippen molar-refractivity contribution in [1.82, 2.24) is 14.9 Å². The van der Waals surface area contributed by atoms with Gasteiger partial charge in [-0.2, -0.15) is 0 Å². The Balaban J connectivity index is 1.55. The molecule has 0 saturated carbocycles. The minimum absolute atomic E-state index is 0.00640. The summed E-state index contributed by atoms with van der Waals surface area (Å²) in [6.45, 7) is 6.90. The average Bonchev–Trinajstić information content (AvgIpc) is 2.68. The van der Waals surface area contributed by atoms with Gasteiger partial charge in [-0.3, -0.25) is 4.79 Å². The van der Waals surface area contributed by atoms with Gasteiger partial charge in [-0.1, -0.05) is 17.7 Å². The van der Waals surface area contributed by atoms with E-state index in [1.54, 1.807) is 12.4 Å². The maximum atomic E-state index is 12.7. The molecular formula is C20H26N4O2. The Labute approximate surface area is 154 Å². The van der Waals surface area contributed by atoms with Gasteiger partial charge < -0.3 is 15.0 Å². The molecule has 1 aliphatic heterocycles. The number of anilines is 1. The van der Waals surface area contributed by atoms with E-state index >= 15 is 0 Å². The zero-order valence-corrected chi connectivity index (χ0v) is 15.4. The van der Waals surface area contributed by atoms with Crippen molar-refractivity contribution in [2.75, 3.05) is 31.6 Å². The molecule has 1 saturated heterocycles. The number of nitrogens with one attached hydrogen (secondary N) is 1. The van der Waals surface area contributed by atoms with E-state index in [1.165, 1.54) is 5.56 Å². The highest BCUT2D eigenvalue weighted by Crippen LogP contribution is 2.20. The van der Waals surface area contributed by atoms with Crippen LogP contribution in [0.4, 0.5) is 5.95 Å². The van der Waals surface area contributed by atoms with Crippen molar-refractivity contribution >= 4 is 11.9 Å². The molecule has 1 aliphatic rings. The molecule has 1 aromatic carbocycles. The van der Waals surface area contributed by atoms with Crippen molar-refractivity contribution in [3.8, 4) is 5.75 Å². The summed E-state index contributed by atoms with van der Waals surface area (Å²) in [6.07, 6.45) is 5.26. The quantitative estimate of drug-likeness (QED) is 0.863. The fourth-order valence-corrected chi connectivity index (χ4v) is 3.10. The van der Waals surface area contributed by atoms with E-state index in [-0.39, 0.29) is 5.91 Å². The van der Waals surface area contributed by atoms with Crippen LogP contribution in [0, 0.1) is 12.8 Å². The standard InChI is InChI=1S/C20H26N4O2/c1-3-21-20-22-11-17(12-23-20)19(25)24-10-4-5-16(13-24)14-26-18-8-6-15(2)7-9-18/h6-9,11-12,16H,3-5,10,13-14H2,1-2H3,(H,21,22,23). The third-order valence-electron chi connectivity index (χ3n) is 4.55. The fourth-order valence-electron chi connectivity index (χ4n) is 3.10. The lowest BCUT2D eigenvalue weighted by Gasteiger charge is -2.32. The van der Waals surface area contributed by atoms with Crippen molar-refractivity contribution in [1.29, 1.82) is 0 Å². The van der Waals surface area contributed by atoms with Gasteiger partial charge in [-0.05, 0) is 38.8 Å². The van der Waals surface area contributed by atoms with Crippen LogP contribution in [0.5, 0.6) is 5.75 Å². The molecule has 1 N–H and O–H groups in total. The number of ether oxygens (including phenoxy) is 1. The first kappa shape index (κ1) is 18.2. The summed E-state index contributed by atoms with van der Waals surface area (Å²) in [5, 5.41) is 3.03. The van der Waals surface area contributed by atoms with Gasteiger partial charge in [0.1, 0.15) is 5.75 Å². The van der Waals surface area contributed by atoms with Crippen LogP contribution in [0.2, 0.25) is 0 Å². The molecule has 2 aromatic rings. The SMILES string of the molecule is CCNc1ncc(C(=O)N2CCCC(COc3ccc(C)cc3)C2)cn1. The molecular weight excluding hydrogens is 328 g/mol. The van der Waals surface area contributed by atoms with E-state index in [2.05, 4.69) is 22.2 Å². The van der Waals surface area contributed by atoms with Crippen LogP contribution in [0.1, 0.15) is 35.7 Å². The lowest BCUT2D eigenvalue weighted by molar-refractivity contribution is 0.0632. The number of hydrogen-bond acceptors (Lipinski definition) is 5. The van der Waals surface area contributed by atoms with Gasteiger partial charge in [0.25, 0.3) is 5.91 Å². The normalized spacial score (nSPS) is 17.0. The summed E-state index contributed by atoms with van der Waals surface area (Å²) in [6, 6.07) is 8.07. The van der Waals surface area contributed by atoms with Crippen molar-refractivity contribution in [3.63, 3.8) is 0 Å².